The first kappa shape index (κ1) is 8.05. The predicted octanol–water partition coefficient (Wildman–Crippen LogP) is 1.85. The van der Waals surface area contributed by atoms with Gasteiger partial charge in [-0.3, -0.25) is 4.78 Å². The van der Waals surface area contributed by atoms with E-state index in [1.807, 2.05) is 0 Å². The molecule has 1 fully saturated rings. The van der Waals surface area contributed by atoms with Crippen LogP contribution in [0.15, 0.2) is 0 Å². The van der Waals surface area contributed by atoms with Crippen LogP contribution < -0.4 is 0 Å². The van der Waals surface area contributed by atoms with Gasteiger partial charge in [-0.2, -0.15) is 0 Å². The third kappa shape index (κ3) is 1.97. The van der Waals surface area contributed by atoms with E-state index in [-0.39, 0.29) is 0 Å². The summed E-state index contributed by atoms with van der Waals surface area (Å²) >= 11 is 0. The maximum atomic E-state index is 11.1. The molecule has 1 heterocycles. The minimum absolute atomic E-state index is 0.644. The summed E-state index contributed by atoms with van der Waals surface area (Å²) in [6.45, 7) is 2.17. The van der Waals surface area contributed by atoms with E-state index < -0.39 is 9.73 Å². The van der Waals surface area contributed by atoms with Crippen LogP contribution in [0.25, 0.3) is 0 Å². The Morgan fingerprint density at radius 3 is 2.40 bits per heavy atom. The van der Waals surface area contributed by atoms with Gasteiger partial charge in [0.1, 0.15) is 0 Å². The van der Waals surface area contributed by atoms with E-state index in [1.54, 1.807) is 0 Å². The highest BCUT2D eigenvalue weighted by atomic mass is 32.2. The van der Waals surface area contributed by atoms with Gasteiger partial charge < -0.3 is 0 Å². The Morgan fingerprint density at radius 1 is 1.50 bits per heavy atom. The summed E-state index contributed by atoms with van der Waals surface area (Å²) < 4.78 is 18.5. The zero-order chi connectivity index (χ0) is 7.61. The van der Waals surface area contributed by atoms with Gasteiger partial charge in [0.2, 0.25) is 0 Å². The summed E-state index contributed by atoms with van der Waals surface area (Å²) in [5, 5.41) is 0. The van der Waals surface area contributed by atoms with Crippen molar-refractivity contribution >= 4 is 9.73 Å². The molecule has 0 amide bonds. The van der Waals surface area contributed by atoms with Gasteiger partial charge in [0.25, 0.3) is 0 Å². The Labute approximate surface area is 63.0 Å². The molecule has 0 aromatic heterocycles. The van der Waals surface area contributed by atoms with Gasteiger partial charge in [0.15, 0.2) is 0 Å². The van der Waals surface area contributed by atoms with E-state index in [0.29, 0.717) is 11.5 Å². The van der Waals surface area contributed by atoms with Crippen molar-refractivity contribution in [3.63, 3.8) is 0 Å². The monoisotopic (exact) mass is 161 g/mol. The number of rotatable bonds is 1. The van der Waals surface area contributed by atoms with Gasteiger partial charge >= 0.3 is 0 Å². The summed E-state index contributed by atoms with van der Waals surface area (Å²) in [5.41, 5.74) is 0. The average molecular weight is 161 g/mol. The molecule has 1 saturated heterocycles. The van der Waals surface area contributed by atoms with Crippen LogP contribution in [0.1, 0.15) is 26.2 Å². The Hall–Kier alpha value is -0.0500. The van der Waals surface area contributed by atoms with Crippen LogP contribution >= 0.6 is 0 Å². The molecule has 0 aromatic carbocycles. The van der Waals surface area contributed by atoms with Crippen LogP contribution in [0, 0.1) is 10.7 Å². The third-order valence-corrected chi connectivity index (χ3v) is 4.08. The second kappa shape index (κ2) is 2.91. The van der Waals surface area contributed by atoms with Crippen LogP contribution in [-0.4, -0.2) is 15.7 Å². The average Bonchev–Trinajstić information content (AvgIpc) is 1.88. The largest absolute Gasteiger partial charge is 0.253 e. The van der Waals surface area contributed by atoms with Crippen LogP contribution in [0.4, 0.5) is 0 Å². The lowest BCUT2D eigenvalue weighted by Gasteiger charge is -2.21. The van der Waals surface area contributed by atoms with Gasteiger partial charge in [0, 0.05) is 21.2 Å². The Bertz CT molecular complexity index is 182. The molecule has 0 spiro atoms. The maximum absolute atomic E-state index is 11.1. The summed E-state index contributed by atoms with van der Waals surface area (Å²) in [5.74, 6) is 2.04. The van der Waals surface area contributed by atoms with E-state index >= 15 is 0 Å². The predicted molar refractivity (Wildman–Crippen MR) is 43.6 cm³/mol. The van der Waals surface area contributed by atoms with Crippen molar-refractivity contribution < 1.29 is 4.21 Å². The third-order valence-electron chi connectivity index (χ3n) is 2.29. The molecule has 0 atom stereocenters. The van der Waals surface area contributed by atoms with Gasteiger partial charge in [-0.05, 0) is 18.8 Å². The zero-order valence-corrected chi connectivity index (χ0v) is 7.25. The van der Waals surface area contributed by atoms with E-state index in [0.717, 1.165) is 18.8 Å². The molecular weight excluding hydrogens is 146 g/mol. The Morgan fingerprint density at radius 2 is 2.00 bits per heavy atom. The molecular formula is C7H15NOS. The van der Waals surface area contributed by atoms with E-state index in [9.17, 15) is 4.21 Å². The highest BCUT2D eigenvalue weighted by molar-refractivity contribution is 7.92. The fourth-order valence-corrected chi connectivity index (χ4v) is 3.00. The Balaban J connectivity index is 2.46. The molecule has 1 N–H and O–H groups in total. The van der Waals surface area contributed by atoms with Crippen LogP contribution in [-0.2, 0) is 9.73 Å². The molecule has 0 saturated carbocycles. The highest BCUT2D eigenvalue weighted by Gasteiger charge is 2.18. The Kier molecular flexibility index (Phi) is 2.34. The molecule has 2 nitrogen and oxygen atoms in total. The summed E-state index contributed by atoms with van der Waals surface area (Å²) in [6.07, 6.45) is 3.22. The van der Waals surface area contributed by atoms with Gasteiger partial charge in [0.05, 0.1) is 0 Å². The van der Waals surface area contributed by atoms with Crippen molar-refractivity contribution in [2.45, 2.75) is 26.2 Å². The topological polar surface area (TPSA) is 40.9 Å². The van der Waals surface area contributed by atoms with Crippen LogP contribution in [0.3, 0.4) is 0 Å². The number of hydrogen-bond acceptors (Lipinski definition) is 2. The lowest BCUT2D eigenvalue weighted by Crippen LogP contribution is -2.21. The van der Waals surface area contributed by atoms with E-state index in [4.69, 9.17) is 4.78 Å². The molecule has 0 aliphatic carbocycles. The molecule has 1 rings (SSSR count). The van der Waals surface area contributed by atoms with Crippen molar-refractivity contribution in [3.8, 4) is 0 Å². The molecule has 0 bridgehead atoms. The zero-order valence-electron chi connectivity index (χ0n) is 6.43. The molecule has 1 aliphatic heterocycles. The van der Waals surface area contributed by atoms with Crippen molar-refractivity contribution in [2.24, 2.45) is 5.92 Å². The lowest BCUT2D eigenvalue weighted by molar-refractivity contribution is 0.464. The summed E-state index contributed by atoms with van der Waals surface area (Å²) in [6, 6.07) is 0. The fraction of sp³-hybridized carbons (Fsp3) is 1.00. The quantitative estimate of drug-likeness (QED) is 0.626. The minimum atomic E-state index is -2.13. The van der Waals surface area contributed by atoms with Crippen molar-refractivity contribution in [1.29, 1.82) is 4.78 Å². The molecule has 10 heavy (non-hydrogen) atoms. The number of hydrogen-bond donors (Lipinski definition) is 1. The molecule has 0 aromatic rings. The fourth-order valence-electron chi connectivity index (χ4n) is 1.37. The maximum Gasteiger partial charge on any atom is 0.0441 e. The van der Waals surface area contributed by atoms with Gasteiger partial charge in [-0.15, -0.1) is 0 Å². The van der Waals surface area contributed by atoms with Crippen molar-refractivity contribution in [2.75, 3.05) is 11.5 Å². The standard InChI is InChI=1S/C7H15NOS/c1-2-7-3-5-10(8,9)6-4-7/h7-8H,2-6H2,1H3/t7-,10-. The smallest absolute Gasteiger partial charge is 0.0441 e. The lowest BCUT2D eigenvalue weighted by atomic mass is 10.0. The SMILES string of the molecule is CC[C@H]1CC[S@](=N)(=O)CC1. The van der Waals surface area contributed by atoms with Crippen LogP contribution in [0.5, 0.6) is 0 Å². The minimum Gasteiger partial charge on any atom is -0.253 e. The molecule has 1 aliphatic rings. The first-order valence-corrected chi connectivity index (χ1v) is 5.78. The molecule has 3 heteroatoms. The first-order chi connectivity index (χ1) is 4.64. The molecule has 60 valence electrons. The van der Waals surface area contributed by atoms with Crippen molar-refractivity contribution in [1.82, 2.24) is 0 Å². The van der Waals surface area contributed by atoms with E-state index in [1.165, 1.54) is 6.42 Å². The summed E-state index contributed by atoms with van der Waals surface area (Å²) in [7, 11) is -2.13. The number of nitrogens with one attached hydrogen (secondary N) is 1. The van der Waals surface area contributed by atoms with Crippen molar-refractivity contribution in [3.05, 3.63) is 0 Å². The van der Waals surface area contributed by atoms with Gasteiger partial charge in [-0.25, -0.2) is 4.21 Å². The molecule has 0 unspecified atom stereocenters. The second-order valence-corrected chi connectivity index (χ2v) is 5.51. The van der Waals surface area contributed by atoms with Gasteiger partial charge in [-0.1, -0.05) is 13.3 Å². The first-order valence-electron chi connectivity index (χ1n) is 3.88. The van der Waals surface area contributed by atoms with Crippen LogP contribution in [0.2, 0.25) is 0 Å². The van der Waals surface area contributed by atoms with E-state index in [2.05, 4.69) is 6.92 Å². The molecule has 0 radical (unpaired) electrons. The highest BCUT2D eigenvalue weighted by Crippen LogP contribution is 2.21. The normalized spacial score (nSPS) is 41.5. The summed E-state index contributed by atoms with van der Waals surface area (Å²) in [4.78, 5) is 0. The second-order valence-electron chi connectivity index (χ2n) is 3.07.